The molecule has 1 N–H and O–H groups in total. The second kappa shape index (κ2) is 7.65. The van der Waals surface area contributed by atoms with E-state index in [1.165, 1.54) is 24.0 Å². The first-order valence-electron chi connectivity index (χ1n) is 7.88. The summed E-state index contributed by atoms with van der Waals surface area (Å²) in [6, 6.07) is 7.12. The van der Waals surface area contributed by atoms with E-state index < -0.39 is 0 Å². The molecule has 0 amide bonds. The molecule has 0 aliphatic heterocycles. The summed E-state index contributed by atoms with van der Waals surface area (Å²) in [6.07, 6.45) is 3.56. The number of nitrogens with zero attached hydrogens (tertiary/aromatic N) is 1. The quantitative estimate of drug-likeness (QED) is 0.828. The Hall–Kier alpha value is -1.06. The van der Waals surface area contributed by atoms with Crippen LogP contribution < -0.4 is 10.1 Å². The minimum Gasteiger partial charge on any atom is -0.497 e. The Bertz CT molecular complexity index is 415. The number of likely N-dealkylation sites (N-methyl/N-ethyl adjacent to an activating group) is 1. The summed E-state index contributed by atoms with van der Waals surface area (Å²) in [7, 11) is 1.74. The molecule has 0 aromatic heterocycles. The molecule has 1 unspecified atom stereocenters. The first-order chi connectivity index (χ1) is 9.76. The van der Waals surface area contributed by atoms with E-state index in [4.69, 9.17) is 4.74 Å². The van der Waals surface area contributed by atoms with Gasteiger partial charge in [-0.1, -0.05) is 19.9 Å². The molecule has 1 aliphatic rings. The van der Waals surface area contributed by atoms with Crippen molar-refractivity contribution in [3.63, 3.8) is 0 Å². The van der Waals surface area contributed by atoms with Gasteiger partial charge in [0.25, 0.3) is 0 Å². The molecular weight excluding hydrogens is 248 g/mol. The monoisotopic (exact) mass is 276 g/mol. The number of rotatable bonds is 7. The number of benzene rings is 1. The lowest BCUT2D eigenvalue weighted by Gasteiger charge is -2.27. The fourth-order valence-electron chi connectivity index (χ4n) is 3.00. The molecular formula is C17H28N2O. The summed E-state index contributed by atoms with van der Waals surface area (Å²) in [4.78, 5) is 2.47. The van der Waals surface area contributed by atoms with Crippen LogP contribution >= 0.6 is 0 Å². The van der Waals surface area contributed by atoms with Crippen LogP contribution in [-0.2, 0) is 12.8 Å². The number of hydrogen-bond donors (Lipinski definition) is 1. The predicted molar refractivity (Wildman–Crippen MR) is 84.6 cm³/mol. The standard InChI is InChI=1S/C17H28N2O/c1-4-19(5-2)11-10-18-16-8-6-14-7-9-17(20-3)13-15(14)12-16/h7,9,13,16,18H,4-6,8,10-12H2,1-3H3. The fourth-order valence-corrected chi connectivity index (χ4v) is 3.00. The van der Waals surface area contributed by atoms with Gasteiger partial charge in [-0.3, -0.25) is 0 Å². The van der Waals surface area contributed by atoms with Crippen LogP contribution in [0.2, 0.25) is 0 Å². The molecule has 0 saturated heterocycles. The van der Waals surface area contributed by atoms with Crippen molar-refractivity contribution in [1.29, 1.82) is 0 Å². The lowest BCUT2D eigenvalue weighted by atomic mass is 9.88. The molecule has 0 spiro atoms. The molecule has 0 bridgehead atoms. The predicted octanol–water partition coefficient (Wildman–Crippen LogP) is 2.48. The van der Waals surface area contributed by atoms with Crippen LogP contribution in [0.5, 0.6) is 5.75 Å². The highest BCUT2D eigenvalue weighted by atomic mass is 16.5. The Morgan fingerprint density at radius 3 is 2.75 bits per heavy atom. The van der Waals surface area contributed by atoms with Gasteiger partial charge in [0.2, 0.25) is 0 Å². The molecule has 3 nitrogen and oxygen atoms in total. The molecule has 1 aromatic rings. The van der Waals surface area contributed by atoms with Crippen LogP contribution in [0.25, 0.3) is 0 Å². The van der Waals surface area contributed by atoms with Crippen LogP contribution in [0.1, 0.15) is 31.4 Å². The van der Waals surface area contributed by atoms with Gasteiger partial charge >= 0.3 is 0 Å². The molecule has 0 saturated carbocycles. The van der Waals surface area contributed by atoms with Crippen LogP contribution in [0.15, 0.2) is 18.2 Å². The van der Waals surface area contributed by atoms with Crippen LogP contribution in [-0.4, -0.2) is 44.2 Å². The minimum atomic E-state index is 0.616. The Labute approximate surface area is 123 Å². The number of methoxy groups -OCH3 is 1. The van der Waals surface area contributed by atoms with Gasteiger partial charge in [0, 0.05) is 19.1 Å². The van der Waals surface area contributed by atoms with E-state index in [0.717, 1.165) is 38.3 Å². The van der Waals surface area contributed by atoms with Gasteiger partial charge in [0.15, 0.2) is 0 Å². The lowest BCUT2D eigenvalue weighted by Crippen LogP contribution is -2.39. The smallest absolute Gasteiger partial charge is 0.119 e. The Morgan fingerprint density at radius 2 is 2.05 bits per heavy atom. The van der Waals surface area contributed by atoms with E-state index in [-0.39, 0.29) is 0 Å². The Balaban J connectivity index is 1.84. The molecule has 112 valence electrons. The molecule has 1 aromatic carbocycles. The highest BCUT2D eigenvalue weighted by molar-refractivity contribution is 5.37. The van der Waals surface area contributed by atoms with Gasteiger partial charge in [-0.05, 0) is 55.6 Å². The molecule has 0 fully saturated rings. The zero-order chi connectivity index (χ0) is 14.4. The first kappa shape index (κ1) is 15.3. The third-order valence-corrected chi connectivity index (χ3v) is 4.40. The van der Waals surface area contributed by atoms with Gasteiger partial charge in [-0.25, -0.2) is 0 Å². The van der Waals surface area contributed by atoms with E-state index >= 15 is 0 Å². The summed E-state index contributed by atoms with van der Waals surface area (Å²) in [5.41, 5.74) is 2.95. The normalized spacial score (nSPS) is 18.1. The van der Waals surface area contributed by atoms with Gasteiger partial charge in [-0.2, -0.15) is 0 Å². The maximum Gasteiger partial charge on any atom is 0.119 e. The molecule has 2 rings (SSSR count). The van der Waals surface area contributed by atoms with Crippen molar-refractivity contribution >= 4 is 0 Å². The summed E-state index contributed by atoms with van der Waals surface area (Å²) >= 11 is 0. The van der Waals surface area contributed by atoms with Crippen molar-refractivity contribution in [2.45, 2.75) is 39.2 Å². The van der Waals surface area contributed by atoms with E-state index in [0.29, 0.717) is 6.04 Å². The zero-order valence-corrected chi connectivity index (χ0v) is 13.1. The van der Waals surface area contributed by atoms with Crippen molar-refractivity contribution in [2.24, 2.45) is 0 Å². The fraction of sp³-hybridized carbons (Fsp3) is 0.647. The maximum absolute atomic E-state index is 5.33. The second-order valence-corrected chi connectivity index (χ2v) is 5.56. The maximum atomic E-state index is 5.33. The van der Waals surface area contributed by atoms with Gasteiger partial charge in [0.1, 0.15) is 5.75 Å². The topological polar surface area (TPSA) is 24.5 Å². The molecule has 1 atom stereocenters. The van der Waals surface area contributed by atoms with Gasteiger partial charge < -0.3 is 15.0 Å². The molecule has 3 heteroatoms. The Kier molecular flexibility index (Phi) is 5.86. The third-order valence-electron chi connectivity index (χ3n) is 4.40. The van der Waals surface area contributed by atoms with Crippen LogP contribution in [0, 0.1) is 0 Å². The van der Waals surface area contributed by atoms with Crippen molar-refractivity contribution in [1.82, 2.24) is 10.2 Å². The number of hydrogen-bond acceptors (Lipinski definition) is 3. The summed E-state index contributed by atoms with van der Waals surface area (Å²) < 4.78 is 5.33. The van der Waals surface area contributed by atoms with Gasteiger partial charge in [-0.15, -0.1) is 0 Å². The zero-order valence-electron chi connectivity index (χ0n) is 13.1. The number of ether oxygens (including phenoxy) is 1. The van der Waals surface area contributed by atoms with E-state index in [1.807, 2.05) is 0 Å². The SMILES string of the molecule is CCN(CC)CCNC1CCc2ccc(OC)cc2C1. The number of aryl methyl sites for hydroxylation is 1. The average molecular weight is 276 g/mol. The van der Waals surface area contributed by atoms with Crippen molar-refractivity contribution in [2.75, 3.05) is 33.3 Å². The minimum absolute atomic E-state index is 0.616. The largest absolute Gasteiger partial charge is 0.497 e. The average Bonchev–Trinajstić information content (AvgIpc) is 2.50. The van der Waals surface area contributed by atoms with Crippen molar-refractivity contribution in [3.8, 4) is 5.75 Å². The van der Waals surface area contributed by atoms with Crippen molar-refractivity contribution in [3.05, 3.63) is 29.3 Å². The van der Waals surface area contributed by atoms with E-state index in [9.17, 15) is 0 Å². The third kappa shape index (κ3) is 3.97. The highest BCUT2D eigenvalue weighted by Gasteiger charge is 2.18. The summed E-state index contributed by atoms with van der Waals surface area (Å²) in [5.74, 6) is 0.979. The molecule has 0 heterocycles. The van der Waals surface area contributed by atoms with Gasteiger partial charge in [0.05, 0.1) is 7.11 Å². The van der Waals surface area contributed by atoms with E-state index in [2.05, 4.69) is 42.3 Å². The molecule has 20 heavy (non-hydrogen) atoms. The number of nitrogens with one attached hydrogen (secondary N) is 1. The Morgan fingerprint density at radius 1 is 1.25 bits per heavy atom. The second-order valence-electron chi connectivity index (χ2n) is 5.56. The number of fused-ring (bicyclic) bond motifs is 1. The molecule has 1 aliphatic carbocycles. The highest BCUT2D eigenvalue weighted by Crippen LogP contribution is 2.25. The first-order valence-corrected chi connectivity index (χ1v) is 7.88. The van der Waals surface area contributed by atoms with E-state index in [1.54, 1.807) is 7.11 Å². The van der Waals surface area contributed by atoms with Crippen LogP contribution in [0.3, 0.4) is 0 Å². The lowest BCUT2D eigenvalue weighted by molar-refractivity contribution is 0.293. The molecule has 0 radical (unpaired) electrons. The summed E-state index contributed by atoms with van der Waals surface area (Å²) in [6.45, 7) is 8.98. The van der Waals surface area contributed by atoms with Crippen molar-refractivity contribution < 1.29 is 4.74 Å². The summed E-state index contributed by atoms with van der Waals surface area (Å²) in [5, 5.41) is 3.72. The van der Waals surface area contributed by atoms with Crippen LogP contribution in [0.4, 0.5) is 0 Å².